The first kappa shape index (κ1) is 15.1. The van der Waals surface area contributed by atoms with Crippen molar-refractivity contribution in [1.82, 2.24) is 24.8 Å². The van der Waals surface area contributed by atoms with E-state index < -0.39 is 0 Å². The molecule has 0 amide bonds. The molecule has 3 aromatic heterocycles. The third-order valence-corrected chi connectivity index (χ3v) is 4.67. The number of rotatable bonds is 5. The van der Waals surface area contributed by atoms with Crippen LogP contribution < -0.4 is 5.32 Å². The highest BCUT2D eigenvalue weighted by Crippen LogP contribution is 2.23. The minimum Gasteiger partial charge on any atom is -0.368 e. The van der Waals surface area contributed by atoms with Gasteiger partial charge in [0.1, 0.15) is 11.3 Å². The maximum atomic E-state index is 4.52. The molecule has 3 aromatic rings. The van der Waals surface area contributed by atoms with Crippen LogP contribution in [0, 0.1) is 6.92 Å². The Labute approximate surface area is 141 Å². The van der Waals surface area contributed by atoms with Gasteiger partial charge in [0.05, 0.1) is 0 Å². The summed E-state index contributed by atoms with van der Waals surface area (Å²) in [5.74, 6) is 0.958. The summed E-state index contributed by atoms with van der Waals surface area (Å²) in [6.07, 6.45) is 7.97. The number of aryl methyl sites for hydroxylation is 1. The second-order valence-electron chi connectivity index (χ2n) is 6.38. The monoisotopic (exact) mass is 322 g/mol. The average molecular weight is 322 g/mol. The van der Waals surface area contributed by atoms with Gasteiger partial charge in [-0.25, -0.2) is 9.97 Å². The van der Waals surface area contributed by atoms with Crippen LogP contribution in [0.25, 0.3) is 11.2 Å². The smallest absolute Gasteiger partial charge is 0.156 e. The molecule has 1 aliphatic rings. The minimum atomic E-state index is 0.522. The summed E-state index contributed by atoms with van der Waals surface area (Å²) in [5.41, 5.74) is 4.11. The molecule has 0 spiro atoms. The molecule has 1 atom stereocenters. The van der Waals surface area contributed by atoms with E-state index >= 15 is 0 Å². The van der Waals surface area contributed by atoms with E-state index in [9.17, 15) is 0 Å². The number of hydrogen-bond acceptors (Lipinski definition) is 5. The Morgan fingerprint density at radius 2 is 2.21 bits per heavy atom. The van der Waals surface area contributed by atoms with Crippen LogP contribution in [0.15, 0.2) is 36.8 Å². The number of nitrogens with zero attached hydrogens (tertiary/aromatic N) is 4. The van der Waals surface area contributed by atoms with E-state index in [0.717, 1.165) is 42.3 Å². The SMILES string of the molecule is Cc1cccc(NCC2CCCN2Cc2c[nH]c3nccnc23)n1. The Bertz CT molecular complexity index is 827. The first-order valence-corrected chi connectivity index (χ1v) is 8.48. The number of aromatic amines is 1. The molecular weight excluding hydrogens is 300 g/mol. The van der Waals surface area contributed by atoms with Crippen molar-refractivity contribution in [2.24, 2.45) is 0 Å². The van der Waals surface area contributed by atoms with Crippen molar-refractivity contribution in [3.05, 3.63) is 48.0 Å². The van der Waals surface area contributed by atoms with Crippen molar-refractivity contribution in [2.45, 2.75) is 32.4 Å². The number of H-pyrrole nitrogens is 1. The van der Waals surface area contributed by atoms with Crippen LogP contribution in [-0.4, -0.2) is 44.0 Å². The van der Waals surface area contributed by atoms with Crippen molar-refractivity contribution < 1.29 is 0 Å². The third-order valence-electron chi connectivity index (χ3n) is 4.67. The number of hydrogen-bond donors (Lipinski definition) is 2. The van der Waals surface area contributed by atoms with Gasteiger partial charge in [0, 0.05) is 49.0 Å². The molecule has 124 valence electrons. The molecule has 0 aliphatic carbocycles. The predicted octanol–water partition coefficient (Wildman–Crippen LogP) is 2.74. The zero-order chi connectivity index (χ0) is 16.4. The lowest BCUT2D eigenvalue weighted by Crippen LogP contribution is -2.34. The van der Waals surface area contributed by atoms with E-state index in [1.54, 1.807) is 12.4 Å². The number of likely N-dealkylation sites (tertiary alicyclic amines) is 1. The molecule has 0 bridgehead atoms. The molecule has 0 aromatic carbocycles. The lowest BCUT2D eigenvalue weighted by atomic mass is 10.2. The molecule has 2 N–H and O–H groups in total. The van der Waals surface area contributed by atoms with Crippen LogP contribution in [0.3, 0.4) is 0 Å². The highest BCUT2D eigenvalue weighted by molar-refractivity contribution is 5.74. The molecule has 6 nitrogen and oxygen atoms in total. The van der Waals surface area contributed by atoms with E-state index in [1.807, 2.05) is 31.3 Å². The van der Waals surface area contributed by atoms with Gasteiger partial charge in [0.25, 0.3) is 0 Å². The van der Waals surface area contributed by atoms with Gasteiger partial charge < -0.3 is 10.3 Å². The second kappa shape index (κ2) is 6.57. The van der Waals surface area contributed by atoms with Gasteiger partial charge in [-0.2, -0.15) is 0 Å². The van der Waals surface area contributed by atoms with Crippen LogP contribution in [-0.2, 0) is 6.54 Å². The lowest BCUT2D eigenvalue weighted by Gasteiger charge is -2.24. The highest BCUT2D eigenvalue weighted by atomic mass is 15.2. The van der Waals surface area contributed by atoms with Crippen LogP contribution >= 0.6 is 0 Å². The largest absolute Gasteiger partial charge is 0.368 e. The molecule has 24 heavy (non-hydrogen) atoms. The highest BCUT2D eigenvalue weighted by Gasteiger charge is 2.25. The van der Waals surface area contributed by atoms with Crippen molar-refractivity contribution in [1.29, 1.82) is 0 Å². The van der Waals surface area contributed by atoms with Crippen molar-refractivity contribution in [3.8, 4) is 0 Å². The second-order valence-corrected chi connectivity index (χ2v) is 6.38. The van der Waals surface area contributed by atoms with E-state index in [1.165, 1.54) is 18.4 Å². The van der Waals surface area contributed by atoms with E-state index in [2.05, 4.69) is 30.2 Å². The summed E-state index contributed by atoms with van der Waals surface area (Å²) < 4.78 is 0. The predicted molar refractivity (Wildman–Crippen MR) is 94.8 cm³/mol. The fourth-order valence-electron chi connectivity index (χ4n) is 3.44. The van der Waals surface area contributed by atoms with Gasteiger partial charge in [-0.05, 0) is 38.4 Å². The fourth-order valence-corrected chi connectivity index (χ4v) is 3.44. The number of nitrogens with one attached hydrogen (secondary N) is 2. The van der Waals surface area contributed by atoms with E-state index in [0.29, 0.717) is 6.04 Å². The maximum Gasteiger partial charge on any atom is 0.156 e. The minimum absolute atomic E-state index is 0.522. The van der Waals surface area contributed by atoms with Crippen molar-refractivity contribution in [2.75, 3.05) is 18.4 Å². The summed E-state index contributed by atoms with van der Waals surface area (Å²) in [4.78, 5) is 19.1. The summed E-state index contributed by atoms with van der Waals surface area (Å²) in [5, 5.41) is 3.49. The Hall–Kier alpha value is -2.47. The molecule has 6 heteroatoms. The average Bonchev–Trinajstić information content (AvgIpc) is 3.21. The number of pyridine rings is 1. The Kier molecular flexibility index (Phi) is 4.13. The summed E-state index contributed by atoms with van der Waals surface area (Å²) in [7, 11) is 0. The Balaban J connectivity index is 1.43. The van der Waals surface area contributed by atoms with Gasteiger partial charge in [0.15, 0.2) is 5.65 Å². The van der Waals surface area contributed by atoms with Crippen LogP contribution in [0.5, 0.6) is 0 Å². The molecule has 1 unspecified atom stereocenters. The summed E-state index contributed by atoms with van der Waals surface area (Å²) in [6.45, 7) is 4.97. The molecule has 1 fully saturated rings. The number of aromatic nitrogens is 4. The van der Waals surface area contributed by atoms with Gasteiger partial charge in [-0.3, -0.25) is 9.88 Å². The third kappa shape index (κ3) is 3.10. The molecule has 0 radical (unpaired) electrons. The maximum absolute atomic E-state index is 4.52. The van der Waals surface area contributed by atoms with E-state index in [4.69, 9.17) is 0 Å². The van der Waals surface area contributed by atoms with Crippen molar-refractivity contribution in [3.63, 3.8) is 0 Å². The standard InChI is InChI=1S/C18H22N6/c1-13-4-2-6-16(23-13)21-11-15-5-3-9-24(15)12-14-10-22-18-17(14)19-7-8-20-18/h2,4,6-8,10,15H,3,5,9,11-12H2,1H3,(H,20,22)(H,21,23). The molecule has 0 saturated carbocycles. The van der Waals surface area contributed by atoms with Gasteiger partial charge in [0.2, 0.25) is 0 Å². The van der Waals surface area contributed by atoms with Gasteiger partial charge in [-0.1, -0.05) is 6.07 Å². The Morgan fingerprint density at radius 3 is 3.12 bits per heavy atom. The first-order chi connectivity index (χ1) is 11.8. The number of anilines is 1. The zero-order valence-corrected chi connectivity index (χ0v) is 13.9. The topological polar surface area (TPSA) is 69.7 Å². The summed E-state index contributed by atoms with van der Waals surface area (Å²) >= 11 is 0. The quantitative estimate of drug-likeness (QED) is 0.756. The number of fused-ring (bicyclic) bond motifs is 1. The normalized spacial score (nSPS) is 18.3. The molecular formula is C18H22N6. The van der Waals surface area contributed by atoms with Crippen LogP contribution in [0.2, 0.25) is 0 Å². The van der Waals surface area contributed by atoms with Gasteiger partial charge in [-0.15, -0.1) is 0 Å². The molecule has 4 heterocycles. The Morgan fingerprint density at radius 1 is 1.29 bits per heavy atom. The van der Waals surface area contributed by atoms with Gasteiger partial charge >= 0.3 is 0 Å². The summed E-state index contributed by atoms with van der Waals surface area (Å²) in [6, 6.07) is 6.61. The lowest BCUT2D eigenvalue weighted by molar-refractivity contribution is 0.255. The fraction of sp³-hybridized carbons (Fsp3) is 0.389. The van der Waals surface area contributed by atoms with Crippen molar-refractivity contribution >= 4 is 17.0 Å². The molecule has 4 rings (SSSR count). The molecule has 1 saturated heterocycles. The first-order valence-electron chi connectivity index (χ1n) is 8.48. The van der Waals surface area contributed by atoms with E-state index in [-0.39, 0.29) is 0 Å². The molecule has 1 aliphatic heterocycles. The van der Waals surface area contributed by atoms with Crippen LogP contribution in [0.4, 0.5) is 5.82 Å². The van der Waals surface area contributed by atoms with Crippen LogP contribution in [0.1, 0.15) is 24.1 Å². The zero-order valence-electron chi connectivity index (χ0n) is 13.9.